The van der Waals surface area contributed by atoms with Gasteiger partial charge in [-0.05, 0) is 48.5 Å². The van der Waals surface area contributed by atoms with Gasteiger partial charge < -0.3 is 14.6 Å². The van der Waals surface area contributed by atoms with E-state index in [1.165, 1.54) is 16.8 Å². The van der Waals surface area contributed by atoms with Crippen LogP contribution in [0, 0.1) is 6.92 Å². The second-order valence-electron chi connectivity index (χ2n) is 5.49. The zero-order valence-electron chi connectivity index (χ0n) is 14.5. The van der Waals surface area contributed by atoms with E-state index >= 15 is 0 Å². The Morgan fingerprint density at radius 3 is 2.64 bits per heavy atom. The third-order valence-electron chi connectivity index (χ3n) is 3.29. The fraction of sp³-hybridized carbons (Fsp3) is 0.267. The summed E-state index contributed by atoms with van der Waals surface area (Å²) in [5.74, 6) is 0.128. The maximum absolute atomic E-state index is 12.3. The molecule has 1 amide bonds. The first-order valence-electron chi connectivity index (χ1n) is 7.77. The number of tetrazole rings is 1. The number of hydrogen-bond donors (Lipinski definition) is 1. The summed E-state index contributed by atoms with van der Waals surface area (Å²) in [5, 5.41) is 17.2. The predicted octanol–water partition coefficient (Wildman–Crippen LogP) is 2.98. The van der Waals surface area contributed by atoms with E-state index in [0.29, 0.717) is 11.4 Å². The van der Waals surface area contributed by atoms with Crippen molar-refractivity contribution in [2.45, 2.75) is 30.6 Å². The molecule has 2 heterocycles. The summed E-state index contributed by atoms with van der Waals surface area (Å²) < 4.78 is 46.7. The van der Waals surface area contributed by atoms with Crippen molar-refractivity contribution in [3.63, 3.8) is 0 Å². The molecule has 2 aromatic heterocycles. The van der Waals surface area contributed by atoms with Crippen molar-refractivity contribution in [1.82, 2.24) is 25.4 Å². The van der Waals surface area contributed by atoms with Gasteiger partial charge in [0.15, 0.2) is 5.82 Å². The smallest absolute Gasteiger partial charge is 0.406 e. The monoisotopic (exact) mass is 414 g/mol. The molecule has 0 radical (unpaired) electrons. The quantitative estimate of drug-likeness (QED) is 0.614. The molecule has 1 unspecified atom stereocenters. The molecular weight excluding hydrogens is 401 g/mol. The van der Waals surface area contributed by atoms with E-state index in [-0.39, 0.29) is 22.6 Å². The number of halogens is 3. The van der Waals surface area contributed by atoms with E-state index < -0.39 is 11.6 Å². The Hall–Kier alpha value is -3.09. The van der Waals surface area contributed by atoms with Crippen LogP contribution in [0.5, 0.6) is 5.75 Å². The van der Waals surface area contributed by atoms with Gasteiger partial charge in [-0.3, -0.25) is 4.79 Å². The Morgan fingerprint density at radius 1 is 1.32 bits per heavy atom. The van der Waals surface area contributed by atoms with Gasteiger partial charge in [-0.2, -0.15) is 4.68 Å². The van der Waals surface area contributed by atoms with Gasteiger partial charge in [0.1, 0.15) is 11.5 Å². The molecular formula is C15H13F3N6O3S. The fourth-order valence-electron chi connectivity index (χ4n) is 2.07. The highest BCUT2D eigenvalue weighted by atomic mass is 32.2. The van der Waals surface area contributed by atoms with Crippen molar-refractivity contribution in [2.24, 2.45) is 0 Å². The molecule has 1 N–H and O–H groups in total. The molecule has 13 heteroatoms. The number of nitrogens with one attached hydrogen (secondary N) is 1. The lowest BCUT2D eigenvalue weighted by molar-refractivity contribution is -0.274. The zero-order chi connectivity index (χ0) is 20.3. The zero-order valence-corrected chi connectivity index (χ0v) is 15.3. The van der Waals surface area contributed by atoms with Crippen molar-refractivity contribution >= 4 is 23.5 Å². The Morgan fingerprint density at radius 2 is 2.04 bits per heavy atom. The second kappa shape index (κ2) is 7.88. The van der Waals surface area contributed by atoms with E-state index in [1.54, 1.807) is 19.9 Å². The van der Waals surface area contributed by atoms with E-state index in [2.05, 4.69) is 30.7 Å². The van der Waals surface area contributed by atoms with Crippen molar-refractivity contribution in [2.75, 3.05) is 5.32 Å². The van der Waals surface area contributed by atoms with Gasteiger partial charge in [0.25, 0.3) is 0 Å². The van der Waals surface area contributed by atoms with Crippen molar-refractivity contribution < 1.29 is 27.2 Å². The number of thioether (sulfide) groups is 1. The minimum atomic E-state index is -4.78. The summed E-state index contributed by atoms with van der Waals surface area (Å²) in [6.45, 7) is 3.34. The Balaban J connectivity index is 1.68. The van der Waals surface area contributed by atoms with Crippen LogP contribution in [0.3, 0.4) is 0 Å². The molecule has 0 aliphatic carbocycles. The van der Waals surface area contributed by atoms with Crippen LogP contribution >= 0.6 is 11.8 Å². The number of amides is 1. The number of benzene rings is 1. The summed E-state index contributed by atoms with van der Waals surface area (Å²) in [7, 11) is 0. The third-order valence-corrected chi connectivity index (χ3v) is 4.32. The number of rotatable bonds is 6. The lowest BCUT2D eigenvalue weighted by Gasteiger charge is -2.11. The number of aryl methyl sites for hydroxylation is 1. The van der Waals surface area contributed by atoms with Crippen LogP contribution in [0.25, 0.3) is 5.69 Å². The highest BCUT2D eigenvalue weighted by Crippen LogP contribution is 2.26. The summed E-state index contributed by atoms with van der Waals surface area (Å²) in [5.41, 5.74) is 0.404. The van der Waals surface area contributed by atoms with Gasteiger partial charge in [-0.15, -0.1) is 18.3 Å². The largest absolute Gasteiger partial charge is 0.573 e. The number of hydrogen-bond acceptors (Lipinski definition) is 8. The molecule has 0 fully saturated rings. The second-order valence-corrected chi connectivity index (χ2v) is 6.80. The molecule has 0 aliphatic rings. The van der Waals surface area contributed by atoms with Crippen LogP contribution in [-0.4, -0.2) is 42.9 Å². The topological polar surface area (TPSA) is 108 Å². The average Bonchev–Trinajstić information content (AvgIpc) is 3.23. The number of aromatic nitrogens is 5. The van der Waals surface area contributed by atoms with Gasteiger partial charge in [-0.25, -0.2) is 0 Å². The molecule has 1 atom stereocenters. The average molecular weight is 414 g/mol. The van der Waals surface area contributed by atoms with Gasteiger partial charge >= 0.3 is 6.36 Å². The summed E-state index contributed by atoms with van der Waals surface area (Å²) >= 11 is 1.07. The van der Waals surface area contributed by atoms with Crippen LogP contribution in [0.2, 0.25) is 0 Å². The SMILES string of the molecule is Cc1cc(NC(=O)C(C)Sc2nnnn2-c2ccc(OC(F)(F)F)cc2)no1. The molecule has 0 saturated heterocycles. The van der Waals surface area contributed by atoms with Crippen LogP contribution in [0.15, 0.2) is 40.0 Å². The summed E-state index contributed by atoms with van der Waals surface area (Å²) in [6.07, 6.45) is -4.78. The molecule has 148 valence electrons. The minimum Gasteiger partial charge on any atom is -0.406 e. The van der Waals surface area contributed by atoms with E-state index in [4.69, 9.17) is 4.52 Å². The molecule has 3 rings (SSSR count). The molecule has 0 bridgehead atoms. The normalized spacial score (nSPS) is 12.6. The molecule has 0 aliphatic heterocycles. The number of anilines is 1. The van der Waals surface area contributed by atoms with Crippen molar-refractivity contribution in [3.05, 3.63) is 36.1 Å². The molecule has 0 spiro atoms. The first kappa shape index (κ1) is 19.7. The minimum absolute atomic E-state index is 0.281. The predicted molar refractivity (Wildman–Crippen MR) is 91.0 cm³/mol. The summed E-state index contributed by atoms with van der Waals surface area (Å²) in [4.78, 5) is 12.3. The maximum Gasteiger partial charge on any atom is 0.573 e. The lowest BCUT2D eigenvalue weighted by Crippen LogP contribution is -2.23. The summed E-state index contributed by atoms with van der Waals surface area (Å²) in [6, 6.07) is 6.59. The van der Waals surface area contributed by atoms with Crippen LogP contribution in [-0.2, 0) is 4.79 Å². The number of ether oxygens (including phenoxy) is 1. The van der Waals surface area contributed by atoms with Crippen LogP contribution < -0.4 is 10.1 Å². The van der Waals surface area contributed by atoms with Gasteiger partial charge in [0.05, 0.1) is 10.9 Å². The Labute approximate surface area is 160 Å². The lowest BCUT2D eigenvalue weighted by atomic mass is 10.3. The molecule has 28 heavy (non-hydrogen) atoms. The molecule has 3 aromatic rings. The molecule has 9 nitrogen and oxygen atoms in total. The van der Waals surface area contributed by atoms with Crippen LogP contribution in [0.4, 0.5) is 19.0 Å². The van der Waals surface area contributed by atoms with Gasteiger partial charge in [0.2, 0.25) is 11.1 Å². The van der Waals surface area contributed by atoms with Gasteiger partial charge in [0, 0.05) is 6.07 Å². The van der Waals surface area contributed by atoms with Crippen molar-refractivity contribution in [1.29, 1.82) is 0 Å². The number of carbonyl (C=O) groups is 1. The first-order valence-corrected chi connectivity index (χ1v) is 8.64. The highest BCUT2D eigenvalue weighted by Gasteiger charge is 2.31. The van der Waals surface area contributed by atoms with Crippen molar-refractivity contribution in [3.8, 4) is 11.4 Å². The van der Waals surface area contributed by atoms with Gasteiger partial charge in [-0.1, -0.05) is 16.9 Å². The molecule has 1 aromatic carbocycles. The third kappa shape index (κ3) is 5.00. The maximum atomic E-state index is 12.3. The Bertz CT molecular complexity index is 957. The Kier molecular flexibility index (Phi) is 5.53. The molecule has 0 saturated carbocycles. The standard InChI is InChI=1S/C15H13F3N6O3S/c1-8-7-12(21-27-8)19-13(25)9(2)28-14-20-22-23-24(14)10-3-5-11(6-4-10)26-15(16,17)18/h3-7,9H,1-2H3,(H,19,21,25). The highest BCUT2D eigenvalue weighted by molar-refractivity contribution is 8.00. The fourth-order valence-corrected chi connectivity index (χ4v) is 2.88. The number of nitrogens with zero attached hydrogens (tertiary/aromatic N) is 5. The first-order chi connectivity index (χ1) is 13.2. The number of alkyl halides is 3. The van der Waals surface area contributed by atoms with Crippen LogP contribution in [0.1, 0.15) is 12.7 Å². The number of carbonyl (C=O) groups excluding carboxylic acids is 1. The van der Waals surface area contributed by atoms with E-state index in [1.807, 2.05) is 0 Å². The van der Waals surface area contributed by atoms with E-state index in [9.17, 15) is 18.0 Å². The van der Waals surface area contributed by atoms with E-state index in [0.717, 1.165) is 23.9 Å².